The molecule has 0 spiro atoms. The van der Waals surface area contributed by atoms with E-state index < -0.39 is 5.97 Å². The van der Waals surface area contributed by atoms with E-state index in [9.17, 15) is 9.90 Å². The lowest BCUT2D eigenvalue weighted by Gasteiger charge is -2.14. The highest BCUT2D eigenvalue weighted by Gasteiger charge is 2.17. The molecule has 7 heteroatoms. The van der Waals surface area contributed by atoms with Crippen molar-refractivity contribution in [1.29, 1.82) is 0 Å². The molecule has 0 bridgehead atoms. The molecule has 5 nitrogen and oxygen atoms in total. The summed E-state index contributed by atoms with van der Waals surface area (Å²) in [5, 5.41) is 13.7. The van der Waals surface area contributed by atoms with E-state index in [4.69, 9.17) is 28.9 Å². The van der Waals surface area contributed by atoms with Crippen LogP contribution in [0.1, 0.15) is 10.4 Å². The molecule has 0 fully saturated rings. The van der Waals surface area contributed by atoms with Crippen LogP contribution in [0.3, 0.4) is 0 Å². The predicted molar refractivity (Wildman–Crippen MR) is 92.9 cm³/mol. The molecule has 0 aliphatic rings. The summed E-state index contributed by atoms with van der Waals surface area (Å²) in [5.41, 5.74) is 7.83. The number of benzene rings is 2. The van der Waals surface area contributed by atoms with Crippen molar-refractivity contribution in [3.8, 4) is 0 Å². The third-order valence-corrected chi connectivity index (χ3v) is 4.14. The number of nitrogens with zero attached hydrogens (tertiary/aromatic N) is 1. The van der Waals surface area contributed by atoms with E-state index in [0.29, 0.717) is 33.0 Å². The molecule has 0 radical (unpaired) electrons. The summed E-state index contributed by atoms with van der Waals surface area (Å²) in [7, 11) is 0. The molecule has 0 saturated heterocycles. The zero-order valence-electron chi connectivity index (χ0n) is 11.7. The number of anilines is 3. The molecule has 0 unspecified atom stereocenters. The zero-order chi connectivity index (χ0) is 16.6. The van der Waals surface area contributed by atoms with E-state index in [1.165, 1.54) is 6.20 Å². The molecule has 0 atom stereocenters. The highest BCUT2D eigenvalue weighted by molar-refractivity contribution is 6.45. The van der Waals surface area contributed by atoms with Gasteiger partial charge in [-0.05, 0) is 36.4 Å². The van der Waals surface area contributed by atoms with Crippen molar-refractivity contribution in [2.24, 2.45) is 0 Å². The first-order valence-electron chi connectivity index (χ1n) is 6.60. The second-order valence-electron chi connectivity index (χ2n) is 4.86. The summed E-state index contributed by atoms with van der Waals surface area (Å²) in [5.74, 6) is -1.09. The van der Waals surface area contributed by atoms with Crippen molar-refractivity contribution in [2.45, 2.75) is 0 Å². The lowest BCUT2D eigenvalue weighted by molar-refractivity contribution is 0.0697. The standard InChI is InChI=1S/C16H11Cl2N3O2/c17-12-6-5-10-14(21-9-3-1-8(19)2-4-9)11(16(22)23)7-20-15(10)13(12)18/h1-7H,19H2,(H,20,21)(H,22,23). The molecule has 0 aliphatic heterocycles. The van der Waals surface area contributed by atoms with Crippen LogP contribution in [0.4, 0.5) is 17.1 Å². The number of fused-ring (bicyclic) bond motifs is 1. The minimum Gasteiger partial charge on any atom is -0.478 e. The maximum Gasteiger partial charge on any atom is 0.339 e. The molecule has 3 aromatic rings. The summed E-state index contributed by atoms with van der Waals surface area (Å²) >= 11 is 12.2. The Kier molecular flexibility index (Phi) is 3.98. The lowest BCUT2D eigenvalue weighted by atomic mass is 10.1. The number of aromatic nitrogens is 1. The predicted octanol–water partition coefficient (Wildman–Crippen LogP) is 4.57. The van der Waals surface area contributed by atoms with Crippen LogP contribution in [-0.2, 0) is 0 Å². The highest BCUT2D eigenvalue weighted by atomic mass is 35.5. The normalized spacial score (nSPS) is 10.7. The van der Waals surface area contributed by atoms with Crippen molar-refractivity contribution in [3.05, 3.63) is 58.2 Å². The van der Waals surface area contributed by atoms with Crippen molar-refractivity contribution >= 4 is 57.1 Å². The Hall–Kier alpha value is -2.50. The first kappa shape index (κ1) is 15.4. The molecule has 116 valence electrons. The van der Waals surface area contributed by atoms with Crippen molar-refractivity contribution < 1.29 is 9.90 Å². The number of nitrogens with one attached hydrogen (secondary N) is 1. The number of rotatable bonds is 3. The van der Waals surface area contributed by atoms with Gasteiger partial charge >= 0.3 is 5.97 Å². The quantitative estimate of drug-likeness (QED) is 0.604. The van der Waals surface area contributed by atoms with Crippen molar-refractivity contribution in [3.63, 3.8) is 0 Å². The topological polar surface area (TPSA) is 88.2 Å². The number of carboxylic acid groups (broad SMARTS) is 1. The fourth-order valence-electron chi connectivity index (χ4n) is 2.21. The molecule has 4 N–H and O–H groups in total. The van der Waals surface area contributed by atoms with Crippen LogP contribution in [0.2, 0.25) is 10.0 Å². The number of hydrogen-bond acceptors (Lipinski definition) is 4. The van der Waals surface area contributed by atoms with Gasteiger partial charge in [0.15, 0.2) is 0 Å². The first-order chi connectivity index (χ1) is 11.0. The van der Waals surface area contributed by atoms with Gasteiger partial charge in [0.2, 0.25) is 0 Å². The molecule has 0 saturated carbocycles. The van der Waals surface area contributed by atoms with Gasteiger partial charge in [0.1, 0.15) is 5.56 Å². The third kappa shape index (κ3) is 2.88. The van der Waals surface area contributed by atoms with E-state index >= 15 is 0 Å². The molecule has 1 aromatic heterocycles. The van der Waals surface area contributed by atoms with Crippen LogP contribution >= 0.6 is 23.2 Å². The van der Waals surface area contributed by atoms with Gasteiger partial charge in [0.25, 0.3) is 0 Å². The van der Waals surface area contributed by atoms with E-state index in [1.807, 2.05) is 0 Å². The molecule has 0 amide bonds. The van der Waals surface area contributed by atoms with Gasteiger partial charge < -0.3 is 16.2 Å². The van der Waals surface area contributed by atoms with Gasteiger partial charge in [0, 0.05) is 23.0 Å². The number of pyridine rings is 1. The van der Waals surface area contributed by atoms with Gasteiger partial charge in [-0.3, -0.25) is 4.98 Å². The molecule has 23 heavy (non-hydrogen) atoms. The van der Waals surface area contributed by atoms with Gasteiger partial charge in [-0.1, -0.05) is 23.2 Å². The molecular weight excluding hydrogens is 337 g/mol. The Balaban J connectivity index is 2.22. The van der Waals surface area contributed by atoms with E-state index in [-0.39, 0.29) is 10.6 Å². The smallest absolute Gasteiger partial charge is 0.339 e. The monoisotopic (exact) mass is 347 g/mol. The van der Waals surface area contributed by atoms with Gasteiger partial charge in [-0.2, -0.15) is 0 Å². The molecular formula is C16H11Cl2N3O2. The summed E-state index contributed by atoms with van der Waals surface area (Å²) in [6.07, 6.45) is 1.26. The number of aromatic carboxylic acids is 1. The maximum absolute atomic E-state index is 11.5. The minimum absolute atomic E-state index is 0.0349. The van der Waals surface area contributed by atoms with Crippen molar-refractivity contribution in [1.82, 2.24) is 4.98 Å². The van der Waals surface area contributed by atoms with Crippen LogP contribution in [0.25, 0.3) is 10.9 Å². The van der Waals surface area contributed by atoms with Gasteiger partial charge in [-0.15, -0.1) is 0 Å². The number of halogens is 2. The second-order valence-corrected chi connectivity index (χ2v) is 5.64. The molecule has 1 heterocycles. The fraction of sp³-hybridized carbons (Fsp3) is 0. The Morgan fingerprint density at radius 3 is 2.48 bits per heavy atom. The highest BCUT2D eigenvalue weighted by Crippen LogP contribution is 2.36. The number of nitrogens with two attached hydrogens (primary N) is 1. The maximum atomic E-state index is 11.5. The molecule has 0 aliphatic carbocycles. The Labute approximate surface area is 141 Å². The second kappa shape index (κ2) is 5.95. The van der Waals surface area contributed by atoms with Crippen LogP contribution in [0.15, 0.2) is 42.6 Å². The lowest BCUT2D eigenvalue weighted by Crippen LogP contribution is -2.05. The third-order valence-electron chi connectivity index (χ3n) is 3.34. The van der Waals surface area contributed by atoms with Crippen LogP contribution < -0.4 is 11.1 Å². The molecule has 2 aromatic carbocycles. The fourth-order valence-corrected chi connectivity index (χ4v) is 2.58. The Morgan fingerprint density at radius 2 is 1.83 bits per heavy atom. The zero-order valence-corrected chi connectivity index (χ0v) is 13.2. The Bertz CT molecular complexity index is 911. The molecule has 3 rings (SSSR count). The van der Waals surface area contributed by atoms with E-state index in [0.717, 1.165) is 0 Å². The van der Waals surface area contributed by atoms with Crippen LogP contribution in [0.5, 0.6) is 0 Å². The van der Waals surface area contributed by atoms with E-state index in [2.05, 4.69) is 10.3 Å². The summed E-state index contributed by atoms with van der Waals surface area (Å²) in [6.45, 7) is 0. The average Bonchev–Trinajstić information content (AvgIpc) is 2.53. The number of carbonyl (C=O) groups is 1. The summed E-state index contributed by atoms with van der Waals surface area (Å²) < 4.78 is 0. The summed E-state index contributed by atoms with van der Waals surface area (Å²) in [4.78, 5) is 15.6. The number of carboxylic acids is 1. The SMILES string of the molecule is Nc1ccc(Nc2c(C(=O)O)cnc3c(Cl)c(Cl)ccc23)cc1. The summed E-state index contributed by atoms with van der Waals surface area (Å²) in [6, 6.07) is 10.2. The minimum atomic E-state index is -1.09. The van der Waals surface area contributed by atoms with E-state index in [1.54, 1.807) is 36.4 Å². The van der Waals surface area contributed by atoms with Crippen LogP contribution in [0, 0.1) is 0 Å². The van der Waals surface area contributed by atoms with Gasteiger partial charge in [-0.25, -0.2) is 4.79 Å². The van der Waals surface area contributed by atoms with Crippen LogP contribution in [-0.4, -0.2) is 16.1 Å². The Morgan fingerprint density at radius 1 is 1.13 bits per heavy atom. The average molecular weight is 348 g/mol. The number of hydrogen-bond donors (Lipinski definition) is 3. The van der Waals surface area contributed by atoms with Crippen molar-refractivity contribution in [2.75, 3.05) is 11.1 Å². The van der Waals surface area contributed by atoms with Gasteiger partial charge in [0.05, 0.1) is 21.2 Å². The number of nitrogen functional groups attached to an aromatic ring is 1. The largest absolute Gasteiger partial charge is 0.478 e. The first-order valence-corrected chi connectivity index (χ1v) is 7.35.